The number of benzene rings is 3. The molecule has 1 aliphatic heterocycles. The zero-order valence-electron chi connectivity index (χ0n) is 18.4. The molecule has 2 aliphatic rings. The number of hydrogen-bond acceptors (Lipinski definition) is 3. The molecule has 1 saturated heterocycles. The molecule has 0 spiro atoms. The van der Waals surface area contributed by atoms with Gasteiger partial charge in [0.15, 0.2) is 11.5 Å². The molecule has 0 unspecified atom stereocenters. The Hall–Kier alpha value is -3.27. The van der Waals surface area contributed by atoms with E-state index in [1.807, 2.05) is 6.08 Å². The van der Waals surface area contributed by atoms with Crippen LogP contribution in [0.1, 0.15) is 40.7 Å². The van der Waals surface area contributed by atoms with Crippen LogP contribution in [0.2, 0.25) is 0 Å². The van der Waals surface area contributed by atoms with Crippen LogP contribution in [0.25, 0.3) is 23.8 Å². The van der Waals surface area contributed by atoms with Gasteiger partial charge in [-0.05, 0) is 58.4 Å². The Bertz CT molecular complexity index is 1180. The van der Waals surface area contributed by atoms with Crippen LogP contribution in [0.4, 0.5) is 0 Å². The van der Waals surface area contributed by atoms with Gasteiger partial charge < -0.3 is 10.2 Å². The van der Waals surface area contributed by atoms with Crippen molar-refractivity contribution in [3.8, 4) is 11.5 Å². The smallest absolute Gasteiger partial charge is 0.157 e. The Balaban J connectivity index is 0.00000259. The molecule has 0 aromatic heterocycles. The van der Waals surface area contributed by atoms with E-state index in [1.165, 1.54) is 39.5 Å². The molecule has 5 rings (SSSR count). The minimum absolute atomic E-state index is 0. The maximum atomic E-state index is 9.66. The normalized spacial score (nSPS) is 15.6. The van der Waals surface area contributed by atoms with E-state index < -0.39 is 0 Å². The van der Waals surface area contributed by atoms with E-state index in [2.05, 4.69) is 71.7 Å². The summed E-state index contributed by atoms with van der Waals surface area (Å²) in [4.78, 5) is 2.47. The summed E-state index contributed by atoms with van der Waals surface area (Å²) in [6.45, 7) is 2.93. The van der Waals surface area contributed by atoms with Crippen LogP contribution in [0.5, 0.6) is 11.5 Å². The van der Waals surface area contributed by atoms with Gasteiger partial charge in [-0.1, -0.05) is 84.5 Å². The Morgan fingerprint density at radius 1 is 0.758 bits per heavy atom. The number of likely N-dealkylation sites (tertiary alicyclic amines) is 1. The van der Waals surface area contributed by atoms with Crippen LogP contribution in [-0.4, -0.2) is 34.7 Å². The number of nitrogens with zero attached hydrogens (tertiary/aromatic N) is 1. The summed E-state index contributed by atoms with van der Waals surface area (Å²) in [6, 6.07) is 22.3. The highest BCUT2D eigenvalue weighted by atomic mass is 35.5. The molecule has 0 radical (unpaired) electrons. The van der Waals surface area contributed by atoms with Gasteiger partial charge in [0, 0.05) is 19.6 Å². The van der Waals surface area contributed by atoms with E-state index >= 15 is 0 Å². The van der Waals surface area contributed by atoms with E-state index in [0.717, 1.165) is 38.0 Å². The first-order valence-corrected chi connectivity index (χ1v) is 11.2. The quantitative estimate of drug-likeness (QED) is 0.340. The van der Waals surface area contributed by atoms with Crippen molar-refractivity contribution in [1.29, 1.82) is 0 Å². The Morgan fingerprint density at radius 2 is 1.36 bits per heavy atom. The number of fused-ring (bicyclic) bond motifs is 2. The molecule has 0 saturated carbocycles. The summed E-state index contributed by atoms with van der Waals surface area (Å²) in [5, 5.41) is 19.1. The van der Waals surface area contributed by atoms with Crippen molar-refractivity contribution >= 4 is 36.2 Å². The zero-order valence-corrected chi connectivity index (χ0v) is 19.3. The summed E-state index contributed by atoms with van der Waals surface area (Å²) < 4.78 is 0. The van der Waals surface area contributed by atoms with Crippen LogP contribution >= 0.6 is 12.4 Å². The molecule has 3 aromatic carbocycles. The van der Waals surface area contributed by atoms with Gasteiger partial charge in [-0.3, -0.25) is 4.90 Å². The molecule has 1 fully saturated rings. The standard InChI is InChI=1S/C29H27NO2.ClH/c31-27-14-11-21(20-28(27)32)6-5-17-30-18-15-24(16-19-30)29-25-9-3-1-7-22(25)12-13-23-8-2-4-10-26(23)29;/h1-14,20,31-32H,15-19H2;1H. The van der Waals surface area contributed by atoms with E-state index in [-0.39, 0.29) is 23.9 Å². The predicted octanol–water partition coefficient (Wildman–Crippen LogP) is 6.61. The Labute approximate surface area is 201 Å². The van der Waals surface area contributed by atoms with Crippen LogP contribution in [0, 0.1) is 0 Å². The first kappa shape index (κ1) is 22.9. The van der Waals surface area contributed by atoms with Gasteiger partial charge in [-0.15, -0.1) is 12.4 Å². The SMILES string of the molecule is Cl.Oc1ccc(C=CCN2CCC(=C3c4ccccc4C=Cc4ccccc43)CC2)cc1O. The second-order valence-corrected chi connectivity index (χ2v) is 8.44. The maximum Gasteiger partial charge on any atom is 0.157 e. The van der Waals surface area contributed by atoms with Gasteiger partial charge in [0.05, 0.1) is 0 Å². The number of phenols is 2. The lowest BCUT2D eigenvalue weighted by molar-refractivity contribution is 0.284. The lowest BCUT2D eigenvalue weighted by Crippen LogP contribution is -2.31. The van der Waals surface area contributed by atoms with Crippen molar-refractivity contribution in [2.75, 3.05) is 19.6 Å². The Kier molecular flexibility index (Phi) is 7.02. The first-order chi connectivity index (χ1) is 15.7. The lowest BCUT2D eigenvalue weighted by atomic mass is 9.86. The van der Waals surface area contributed by atoms with E-state index in [9.17, 15) is 10.2 Å². The molecular formula is C29H28ClNO2. The monoisotopic (exact) mass is 457 g/mol. The molecule has 3 nitrogen and oxygen atoms in total. The summed E-state index contributed by atoms with van der Waals surface area (Å²) >= 11 is 0. The molecule has 2 N–H and O–H groups in total. The second-order valence-electron chi connectivity index (χ2n) is 8.44. The van der Waals surface area contributed by atoms with Gasteiger partial charge in [-0.25, -0.2) is 0 Å². The lowest BCUT2D eigenvalue weighted by Gasteiger charge is -2.29. The predicted molar refractivity (Wildman–Crippen MR) is 140 cm³/mol. The van der Waals surface area contributed by atoms with Gasteiger partial charge in [0.1, 0.15) is 0 Å². The summed E-state index contributed by atoms with van der Waals surface area (Å²) in [5.41, 5.74) is 9.09. The van der Waals surface area contributed by atoms with Gasteiger partial charge >= 0.3 is 0 Å². The third-order valence-electron chi connectivity index (χ3n) is 6.39. The van der Waals surface area contributed by atoms with E-state index in [1.54, 1.807) is 12.1 Å². The van der Waals surface area contributed by atoms with Crippen molar-refractivity contribution < 1.29 is 10.2 Å². The van der Waals surface area contributed by atoms with Crippen molar-refractivity contribution in [3.63, 3.8) is 0 Å². The van der Waals surface area contributed by atoms with Crippen LogP contribution in [0.15, 0.2) is 78.4 Å². The fraction of sp³-hybridized carbons (Fsp3) is 0.172. The molecule has 0 bridgehead atoms. The van der Waals surface area contributed by atoms with Gasteiger partial charge in [-0.2, -0.15) is 0 Å². The maximum absolute atomic E-state index is 9.66. The fourth-order valence-corrected chi connectivity index (χ4v) is 4.68. The van der Waals surface area contributed by atoms with E-state index in [4.69, 9.17) is 0 Å². The van der Waals surface area contributed by atoms with Crippen LogP contribution in [0.3, 0.4) is 0 Å². The number of hydrogen-bond donors (Lipinski definition) is 2. The summed E-state index contributed by atoms with van der Waals surface area (Å²) in [5.74, 6) is -0.171. The number of rotatable bonds is 3. The largest absolute Gasteiger partial charge is 0.504 e. The number of halogens is 1. The molecule has 168 valence electrons. The molecule has 1 aliphatic carbocycles. The van der Waals surface area contributed by atoms with Crippen LogP contribution < -0.4 is 0 Å². The minimum atomic E-state index is -0.0874. The third-order valence-corrected chi connectivity index (χ3v) is 6.39. The molecule has 0 atom stereocenters. The molecule has 0 amide bonds. The van der Waals surface area contributed by atoms with Crippen molar-refractivity contribution in [3.05, 3.63) is 106 Å². The van der Waals surface area contributed by atoms with E-state index in [0.29, 0.717) is 0 Å². The highest BCUT2D eigenvalue weighted by Crippen LogP contribution is 2.38. The highest BCUT2D eigenvalue weighted by Gasteiger charge is 2.22. The van der Waals surface area contributed by atoms with Gasteiger partial charge in [0.25, 0.3) is 0 Å². The topological polar surface area (TPSA) is 43.7 Å². The molecule has 3 aromatic rings. The van der Waals surface area contributed by atoms with Gasteiger partial charge in [0.2, 0.25) is 0 Å². The van der Waals surface area contributed by atoms with Crippen molar-refractivity contribution in [2.24, 2.45) is 0 Å². The fourth-order valence-electron chi connectivity index (χ4n) is 4.68. The zero-order chi connectivity index (χ0) is 21.9. The number of aromatic hydroxyl groups is 2. The van der Waals surface area contributed by atoms with Crippen LogP contribution in [-0.2, 0) is 0 Å². The first-order valence-electron chi connectivity index (χ1n) is 11.2. The van der Waals surface area contributed by atoms with Crippen molar-refractivity contribution in [1.82, 2.24) is 4.90 Å². The Morgan fingerprint density at radius 3 is 1.97 bits per heavy atom. The minimum Gasteiger partial charge on any atom is -0.504 e. The molecule has 1 heterocycles. The van der Waals surface area contributed by atoms with Crippen molar-refractivity contribution in [2.45, 2.75) is 12.8 Å². The number of phenolic OH excluding ortho intramolecular Hbond substituents is 2. The third kappa shape index (κ3) is 4.90. The summed E-state index contributed by atoms with van der Waals surface area (Å²) in [7, 11) is 0. The molecule has 33 heavy (non-hydrogen) atoms. The average molecular weight is 458 g/mol. The average Bonchev–Trinajstić information content (AvgIpc) is 2.99. The summed E-state index contributed by atoms with van der Waals surface area (Å²) in [6.07, 6.45) is 10.7. The molecular weight excluding hydrogens is 430 g/mol. The number of piperidine rings is 1. The molecule has 4 heteroatoms. The highest BCUT2D eigenvalue weighted by molar-refractivity contribution is 5.94. The second kappa shape index (κ2) is 10.1.